The van der Waals surface area contributed by atoms with Crippen molar-refractivity contribution in [1.82, 2.24) is 10.3 Å². The number of hydrogen-bond donors (Lipinski definition) is 2. The van der Waals surface area contributed by atoms with Crippen molar-refractivity contribution in [2.75, 3.05) is 19.0 Å². The molecule has 19 heavy (non-hydrogen) atoms. The van der Waals surface area contributed by atoms with Crippen LogP contribution >= 0.6 is 12.2 Å². The summed E-state index contributed by atoms with van der Waals surface area (Å²) in [4.78, 5) is 4.32. The number of rotatable bonds is 4. The summed E-state index contributed by atoms with van der Waals surface area (Å²) in [5.41, 5.74) is 1.90. The molecule has 0 radical (unpaired) electrons. The van der Waals surface area contributed by atoms with Gasteiger partial charge >= 0.3 is 0 Å². The molecule has 0 saturated carbocycles. The second kappa shape index (κ2) is 6.45. The molecule has 0 fully saturated rings. The van der Waals surface area contributed by atoms with Gasteiger partial charge in [0.15, 0.2) is 5.11 Å². The van der Waals surface area contributed by atoms with E-state index in [1.54, 1.807) is 13.3 Å². The van der Waals surface area contributed by atoms with E-state index in [-0.39, 0.29) is 6.04 Å². The van der Waals surface area contributed by atoms with Crippen LogP contribution in [0.4, 0.5) is 5.69 Å². The molecule has 1 aromatic carbocycles. The maximum Gasteiger partial charge on any atom is 0.171 e. The number of methoxy groups -OCH3 is 1. The Balaban J connectivity index is 2.11. The quantitative estimate of drug-likeness (QED) is 0.840. The number of ether oxygens (including phenoxy) is 1. The second-order valence-electron chi connectivity index (χ2n) is 4.33. The van der Waals surface area contributed by atoms with Crippen molar-refractivity contribution >= 4 is 33.9 Å². The molecular weight excluding hydrogens is 258 g/mol. The van der Waals surface area contributed by atoms with Crippen molar-refractivity contribution in [2.24, 2.45) is 0 Å². The normalized spacial score (nSPS) is 12.1. The lowest BCUT2D eigenvalue weighted by atomic mass is 10.2. The minimum absolute atomic E-state index is 0.165. The van der Waals surface area contributed by atoms with Crippen LogP contribution in [0.15, 0.2) is 36.5 Å². The molecule has 0 aliphatic heterocycles. The Morgan fingerprint density at radius 3 is 3.00 bits per heavy atom. The molecule has 0 spiro atoms. The van der Waals surface area contributed by atoms with Crippen molar-refractivity contribution < 1.29 is 4.74 Å². The first-order valence-corrected chi connectivity index (χ1v) is 6.51. The Hall–Kier alpha value is -1.72. The van der Waals surface area contributed by atoms with E-state index in [2.05, 4.69) is 15.6 Å². The minimum atomic E-state index is 0.165. The number of nitrogens with zero attached hydrogens (tertiary/aromatic N) is 1. The van der Waals surface area contributed by atoms with Gasteiger partial charge in [0.05, 0.1) is 12.1 Å². The molecule has 0 aliphatic rings. The molecule has 1 atom stereocenters. The van der Waals surface area contributed by atoms with Gasteiger partial charge in [0, 0.05) is 30.4 Å². The number of fused-ring (bicyclic) bond motifs is 1. The molecule has 0 saturated heterocycles. The smallest absolute Gasteiger partial charge is 0.171 e. The summed E-state index contributed by atoms with van der Waals surface area (Å²) in [5.74, 6) is 0. The topological polar surface area (TPSA) is 46.2 Å². The lowest BCUT2D eigenvalue weighted by Crippen LogP contribution is -2.38. The van der Waals surface area contributed by atoms with Gasteiger partial charge in [-0.3, -0.25) is 4.98 Å². The first kappa shape index (κ1) is 13.7. The lowest BCUT2D eigenvalue weighted by Gasteiger charge is -2.16. The fraction of sp³-hybridized carbons (Fsp3) is 0.286. The number of nitrogens with one attached hydrogen (secondary N) is 2. The van der Waals surface area contributed by atoms with Crippen molar-refractivity contribution in [3.8, 4) is 0 Å². The molecule has 0 bridgehead atoms. The third-order valence-corrected chi connectivity index (χ3v) is 2.91. The van der Waals surface area contributed by atoms with Crippen LogP contribution in [-0.2, 0) is 4.74 Å². The fourth-order valence-corrected chi connectivity index (χ4v) is 2.20. The van der Waals surface area contributed by atoms with Crippen LogP contribution in [0.2, 0.25) is 0 Å². The van der Waals surface area contributed by atoms with E-state index in [0.717, 1.165) is 16.6 Å². The average Bonchev–Trinajstić information content (AvgIpc) is 2.39. The van der Waals surface area contributed by atoms with E-state index in [4.69, 9.17) is 17.0 Å². The minimum Gasteiger partial charge on any atom is -0.383 e. The highest BCUT2D eigenvalue weighted by molar-refractivity contribution is 7.80. The summed E-state index contributed by atoms with van der Waals surface area (Å²) in [6.07, 6.45) is 1.78. The molecule has 2 N–H and O–H groups in total. The zero-order valence-electron chi connectivity index (χ0n) is 11.0. The fourth-order valence-electron chi connectivity index (χ4n) is 1.89. The van der Waals surface area contributed by atoms with Gasteiger partial charge in [-0.15, -0.1) is 0 Å². The van der Waals surface area contributed by atoms with Crippen molar-refractivity contribution in [2.45, 2.75) is 13.0 Å². The molecule has 1 aromatic heterocycles. The second-order valence-corrected chi connectivity index (χ2v) is 4.74. The molecule has 1 unspecified atom stereocenters. The van der Waals surface area contributed by atoms with E-state index in [0.29, 0.717) is 11.7 Å². The summed E-state index contributed by atoms with van der Waals surface area (Å²) in [7, 11) is 1.67. The lowest BCUT2D eigenvalue weighted by molar-refractivity contribution is 0.179. The third kappa shape index (κ3) is 3.62. The Kier molecular flexibility index (Phi) is 4.65. The monoisotopic (exact) mass is 275 g/mol. The van der Waals surface area contributed by atoms with E-state index >= 15 is 0 Å². The van der Waals surface area contributed by atoms with Gasteiger partial charge in [0.25, 0.3) is 0 Å². The first-order valence-electron chi connectivity index (χ1n) is 6.11. The van der Waals surface area contributed by atoms with Gasteiger partial charge in [-0.25, -0.2) is 0 Å². The highest BCUT2D eigenvalue weighted by atomic mass is 32.1. The molecule has 5 heteroatoms. The highest BCUT2D eigenvalue weighted by Crippen LogP contribution is 2.21. The van der Waals surface area contributed by atoms with Gasteiger partial charge in [-0.1, -0.05) is 6.07 Å². The summed E-state index contributed by atoms with van der Waals surface area (Å²) < 4.78 is 5.07. The van der Waals surface area contributed by atoms with Crippen LogP contribution in [0.5, 0.6) is 0 Å². The molecule has 0 aliphatic carbocycles. The number of hydrogen-bond acceptors (Lipinski definition) is 3. The zero-order chi connectivity index (χ0) is 13.7. The summed E-state index contributed by atoms with van der Waals surface area (Å²) >= 11 is 5.29. The van der Waals surface area contributed by atoms with Gasteiger partial charge in [0.2, 0.25) is 0 Å². The largest absolute Gasteiger partial charge is 0.383 e. The highest BCUT2D eigenvalue weighted by Gasteiger charge is 2.06. The van der Waals surface area contributed by atoms with Gasteiger partial charge in [-0.05, 0) is 43.4 Å². The zero-order valence-corrected chi connectivity index (χ0v) is 11.8. The molecule has 4 nitrogen and oxygen atoms in total. The van der Waals surface area contributed by atoms with Gasteiger partial charge in [0.1, 0.15) is 0 Å². The summed E-state index contributed by atoms with van der Waals surface area (Å²) in [6, 6.07) is 10.0. The third-order valence-electron chi connectivity index (χ3n) is 2.69. The number of benzene rings is 1. The Bertz CT molecular complexity index is 568. The van der Waals surface area contributed by atoms with Crippen LogP contribution in [0, 0.1) is 0 Å². The summed E-state index contributed by atoms with van der Waals surface area (Å²) in [5, 5.41) is 8.00. The van der Waals surface area contributed by atoms with Crippen molar-refractivity contribution in [1.29, 1.82) is 0 Å². The Morgan fingerprint density at radius 2 is 2.21 bits per heavy atom. The van der Waals surface area contributed by atoms with Crippen LogP contribution < -0.4 is 10.6 Å². The van der Waals surface area contributed by atoms with Crippen LogP contribution in [0.3, 0.4) is 0 Å². The summed E-state index contributed by atoms with van der Waals surface area (Å²) in [6.45, 7) is 2.63. The predicted octanol–water partition coefficient (Wildman–Crippen LogP) is 2.56. The van der Waals surface area contributed by atoms with E-state index < -0.39 is 0 Å². The molecule has 2 rings (SSSR count). The van der Waals surface area contributed by atoms with E-state index in [9.17, 15) is 0 Å². The van der Waals surface area contributed by atoms with E-state index in [1.165, 1.54) is 0 Å². The molecule has 0 amide bonds. The number of thiocarbonyl (C=S) groups is 1. The Morgan fingerprint density at radius 1 is 1.37 bits per heavy atom. The molecule has 100 valence electrons. The number of aromatic nitrogens is 1. The van der Waals surface area contributed by atoms with Crippen molar-refractivity contribution in [3.05, 3.63) is 36.5 Å². The predicted molar refractivity (Wildman–Crippen MR) is 82.4 cm³/mol. The van der Waals surface area contributed by atoms with Crippen LogP contribution in [-0.4, -0.2) is 29.9 Å². The maximum atomic E-state index is 5.29. The molecular formula is C14H17N3OS. The van der Waals surface area contributed by atoms with Gasteiger partial charge in [-0.2, -0.15) is 0 Å². The van der Waals surface area contributed by atoms with Crippen LogP contribution in [0.1, 0.15) is 6.92 Å². The first-order chi connectivity index (χ1) is 9.20. The van der Waals surface area contributed by atoms with Crippen LogP contribution in [0.25, 0.3) is 10.9 Å². The maximum absolute atomic E-state index is 5.29. The number of anilines is 1. The molecule has 2 aromatic rings. The Labute approximate surface area is 118 Å². The average molecular weight is 275 g/mol. The molecule has 1 heterocycles. The van der Waals surface area contributed by atoms with Gasteiger partial charge < -0.3 is 15.4 Å². The van der Waals surface area contributed by atoms with Crippen molar-refractivity contribution in [3.63, 3.8) is 0 Å². The van der Waals surface area contributed by atoms with E-state index in [1.807, 2.05) is 37.3 Å². The SMILES string of the molecule is COCC(C)NC(=S)Nc1cccc2ncccc12. The standard InChI is InChI=1S/C14H17N3OS/c1-10(9-18-2)16-14(19)17-13-7-3-6-12-11(13)5-4-8-15-12/h3-8,10H,9H2,1-2H3,(H2,16,17,19). The number of pyridine rings is 1.